The minimum absolute atomic E-state index is 0.0940. The Hall–Kier alpha value is -3.73. The summed E-state index contributed by atoms with van der Waals surface area (Å²) in [5, 5.41) is 22.0. The number of fused-ring (bicyclic) bond motifs is 2. The van der Waals surface area contributed by atoms with E-state index in [0.717, 1.165) is 29.6 Å². The first-order chi connectivity index (χ1) is 22.4. The van der Waals surface area contributed by atoms with Crippen molar-refractivity contribution < 1.29 is 24.6 Å². The van der Waals surface area contributed by atoms with Crippen molar-refractivity contribution in [2.75, 3.05) is 0 Å². The van der Waals surface area contributed by atoms with Gasteiger partial charge in [-0.05, 0) is 137 Å². The van der Waals surface area contributed by atoms with Crippen molar-refractivity contribution in [3.8, 4) is 5.75 Å². The van der Waals surface area contributed by atoms with Crippen molar-refractivity contribution in [3.05, 3.63) is 93.6 Å². The van der Waals surface area contributed by atoms with Gasteiger partial charge in [0.25, 0.3) is 0 Å². The monoisotopic (exact) mass is 654 g/mol. The molecule has 48 heavy (non-hydrogen) atoms. The van der Waals surface area contributed by atoms with E-state index in [1.165, 1.54) is 23.3 Å². The molecule has 0 aliphatic heterocycles. The van der Waals surface area contributed by atoms with Gasteiger partial charge in [-0.1, -0.05) is 77.3 Å². The number of ketones is 3. The summed E-state index contributed by atoms with van der Waals surface area (Å²) in [5.41, 5.74) is 1.60. The quantitative estimate of drug-likeness (QED) is 0.0726. The van der Waals surface area contributed by atoms with E-state index < -0.39 is 33.6 Å². The molecule has 2 bridgehead atoms. The van der Waals surface area contributed by atoms with Crippen molar-refractivity contribution in [1.82, 2.24) is 0 Å². The number of carbonyl (C=O) groups excluding carboxylic acids is 3. The van der Waals surface area contributed by atoms with Crippen LogP contribution in [0.3, 0.4) is 0 Å². The van der Waals surface area contributed by atoms with Gasteiger partial charge in [0.05, 0.1) is 5.41 Å². The lowest BCUT2D eigenvalue weighted by Crippen LogP contribution is -2.70. The molecule has 0 aromatic heterocycles. The molecule has 2 saturated carbocycles. The Morgan fingerprint density at radius 2 is 1.38 bits per heavy atom. The summed E-state index contributed by atoms with van der Waals surface area (Å²) in [6.45, 7) is 20.3. The number of benzene rings is 1. The van der Waals surface area contributed by atoms with E-state index in [2.05, 4.69) is 45.9 Å². The van der Waals surface area contributed by atoms with Crippen molar-refractivity contribution in [1.29, 1.82) is 0 Å². The van der Waals surface area contributed by atoms with E-state index in [1.54, 1.807) is 12.1 Å². The van der Waals surface area contributed by atoms with E-state index in [4.69, 9.17) is 0 Å². The van der Waals surface area contributed by atoms with E-state index >= 15 is 9.59 Å². The van der Waals surface area contributed by atoms with Gasteiger partial charge in [-0.15, -0.1) is 0 Å². The summed E-state index contributed by atoms with van der Waals surface area (Å²) in [5.74, 6) is -2.23. The Labute approximate surface area is 289 Å². The lowest BCUT2D eigenvalue weighted by Gasteiger charge is -2.61. The van der Waals surface area contributed by atoms with Crippen LogP contribution >= 0.6 is 0 Å². The van der Waals surface area contributed by atoms with Gasteiger partial charge < -0.3 is 10.2 Å². The number of aliphatic hydroxyl groups excluding tert-OH is 1. The molecule has 0 saturated heterocycles. The van der Waals surface area contributed by atoms with Gasteiger partial charge in [0.15, 0.2) is 17.3 Å². The molecule has 2 aliphatic rings. The number of hydrogen-bond acceptors (Lipinski definition) is 5. The maximum atomic E-state index is 15.4. The molecule has 1 aromatic carbocycles. The number of allylic oxidation sites excluding steroid dienone is 11. The zero-order valence-corrected chi connectivity index (χ0v) is 31.0. The predicted molar refractivity (Wildman–Crippen MR) is 198 cm³/mol. The smallest absolute Gasteiger partial charge is 0.184 e. The first-order valence-corrected chi connectivity index (χ1v) is 17.5. The van der Waals surface area contributed by atoms with Gasteiger partial charge in [0.2, 0.25) is 0 Å². The third-order valence-electron chi connectivity index (χ3n) is 10.7. The Morgan fingerprint density at radius 1 is 0.792 bits per heavy atom. The fourth-order valence-electron chi connectivity index (χ4n) is 7.76. The lowest BCUT2D eigenvalue weighted by atomic mass is 9.37. The standard InChI is InChI=1S/C43H58O5/c1-28(2)14-11-16-32(9)19-20-34-27-42(24-21-30(5)6)38(46)36(37(45)33-17-12-18-35(44)26-33)39(47)43(40(42)48,25-22-31(7)8)41(34,10)23-13-15-29(3)4/h12,14-15,17-19,21-22,26,34,44-45H,11,13,16,20,23-25,27H2,1-10H3/t34-,41+,42+,43-/m1/s1. The molecule has 260 valence electrons. The van der Waals surface area contributed by atoms with Crippen LogP contribution < -0.4 is 0 Å². The minimum atomic E-state index is -1.57. The van der Waals surface area contributed by atoms with Gasteiger partial charge in [0, 0.05) is 5.56 Å². The van der Waals surface area contributed by atoms with Gasteiger partial charge in [-0.2, -0.15) is 0 Å². The highest BCUT2D eigenvalue weighted by Gasteiger charge is 2.74. The zero-order valence-electron chi connectivity index (χ0n) is 31.0. The maximum absolute atomic E-state index is 15.4. The molecule has 1 aromatic rings. The second kappa shape index (κ2) is 15.7. The largest absolute Gasteiger partial charge is 0.508 e. The third-order valence-corrected chi connectivity index (χ3v) is 10.7. The predicted octanol–water partition coefficient (Wildman–Crippen LogP) is 10.9. The van der Waals surface area contributed by atoms with Gasteiger partial charge in [-0.3, -0.25) is 14.4 Å². The van der Waals surface area contributed by atoms with Gasteiger partial charge in [0.1, 0.15) is 22.5 Å². The van der Waals surface area contributed by atoms with Crippen LogP contribution in [0.2, 0.25) is 0 Å². The number of aliphatic hydroxyl groups is 1. The number of Topliss-reactive ketones (excluding diaryl/α,β-unsaturated/α-hetero) is 3. The molecule has 5 nitrogen and oxygen atoms in total. The van der Waals surface area contributed by atoms with Crippen LogP contribution in [0.15, 0.2) is 88.1 Å². The Balaban J connectivity index is 2.43. The topological polar surface area (TPSA) is 91.7 Å². The van der Waals surface area contributed by atoms with E-state index in [1.807, 2.05) is 53.7 Å². The van der Waals surface area contributed by atoms with E-state index in [0.29, 0.717) is 19.3 Å². The molecule has 0 spiro atoms. The van der Waals surface area contributed by atoms with Crippen LogP contribution in [-0.4, -0.2) is 27.6 Å². The Bertz CT molecular complexity index is 1590. The summed E-state index contributed by atoms with van der Waals surface area (Å²) in [6, 6.07) is 5.95. The van der Waals surface area contributed by atoms with Crippen molar-refractivity contribution in [3.63, 3.8) is 0 Å². The van der Waals surface area contributed by atoms with Gasteiger partial charge in [-0.25, -0.2) is 0 Å². The average Bonchev–Trinajstić information content (AvgIpc) is 2.99. The summed E-state index contributed by atoms with van der Waals surface area (Å²) in [7, 11) is 0. The molecule has 0 heterocycles. The van der Waals surface area contributed by atoms with Crippen molar-refractivity contribution >= 4 is 23.1 Å². The molecular formula is C43H58O5. The molecule has 0 unspecified atom stereocenters. The molecule has 0 radical (unpaired) electrons. The van der Waals surface area contributed by atoms with Crippen molar-refractivity contribution in [2.45, 2.75) is 121 Å². The fourth-order valence-corrected chi connectivity index (χ4v) is 7.76. The molecule has 5 heteroatoms. The molecule has 0 amide bonds. The summed E-state index contributed by atoms with van der Waals surface area (Å²) in [6.07, 6.45) is 14.9. The van der Waals surface area contributed by atoms with E-state index in [9.17, 15) is 15.0 Å². The average molecular weight is 655 g/mol. The zero-order chi connectivity index (χ0) is 36.0. The Morgan fingerprint density at radius 3 is 1.96 bits per heavy atom. The highest BCUT2D eigenvalue weighted by molar-refractivity contribution is 6.41. The normalized spacial score (nSPS) is 26.5. The first kappa shape index (κ1) is 38.7. The number of hydrogen-bond donors (Lipinski definition) is 2. The maximum Gasteiger partial charge on any atom is 0.184 e. The van der Waals surface area contributed by atoms with Crippen LogP contribution in [0.25, 0.3) is 5.76 Å². The molecular weight excluding hydrogens is 596 g/mol. The summed E-state index contributed by atoms with van der Waals surface area (Å²) < 4.78 is 0. The molecule has 3 rings (SSSR count). The number of carbonyl (C=O) groups is 3. The highest BCUT2D eigenvalue weighted by Crippen LogP contribution is 2.67. The second-order valence-electron chi connectivity index (χ2n) is 15.5. The number of phenols is 1. The summed E-state index contributed by atoms with van der Waals surface area (Å²) >= 11 is 0. The fraction of sp³-hybridized carbons (Fsp3) is 0.512. The van der Waals surface area contributed by atoms with Crippen LogP contribution in [0.1, 0.15) is 126 Å². The SMILES string of the molecule is CC(C)=CCCC(C)=CC[C@@H]1C[C@@]2(CC=C(C)C)C(=O)C(=C(O)c3cccc(O)c3)C(=O)[C@](CC=C(C)C)(C2=O)[C@@]1(C)CCC=C(C)C. The van der Waals surface area contributed by atoms with Gasteiger partial charge >= 0.3 is 0 Å². The molecule has 2 N–H and O–H groups in total. The first-order valence-electron chi connectivity index (χ1n) is 17.5. The molecule has 2 aliphatic carbocycles. The lowest BCUT2D eigenvalue weighted by molar-refractivity contribution is -0.178. The minimum Gasteiger partial charge on any atom is -0.508 e. The number of aromatic hydroxyl groups is 1. The van der Waals surface area contributed by atoms with E-state index in [-0.39, 0.29) is 47.8 Å². The number of phenolic OH excluding ortho intramolecular Hbond substituents is 1. The molecule has 2 fully saturated rings. The number of rotatable bonds is 13. The molecule has 4 atom stereocenters. The van der Waals surface area contributed by atoms with Crippen LogP contribution in [0.4, 0.5) is 0 Å². The second-order valence-corrected chi connectivity index (χ2v) is 15.5. The third kappa shape index (κ3) is 7.77. The van der Waals surface area contributed by atoms with Crippen LogP contribution in [-0.2, 0) is 14.4 Å². The van der Waals surface area contributed by atoms with Crippen LogP contribution in [0.5, 0.6) is 5.75 Å². The van der Waals surface area contributed by atoms with Crippen molar-refractivity contribution in [2.24, 2.45) is 22.2 Å². The van der Waals surface area contributed by atoms with Crippen LogP contribution in [0, 0.1) is 22.2 Å². The summed E-state index contributed by atoms with van der Waals surface area (Å²) in [4.78, 5) is 45.5. The Kier molecular flexibility index (Phi) is 12.6. The highest BCUT2D eigenvalue weighted by atomic mass is 16.3.